The predicted octanol–water partition coefficient (Wildman–Crippen LogP) is 7.47. The van der Waals surface area contributed by atoms with Gasteiger partial charge < -0.3 is 14.7 Å². The second-order valence-corrected chi connectivity index (χ2v) is 10.8. The number of carbonyl (C=O) groups excluding carboxylic acids is 2. The molecular weight excluding hydrogens is 498 g/mol. The van der Waals surface area contributed by atoms with Gasteiger partial charge in [0.2, 0.25) is 0 Å². The molecular formula is C35H45NO4. The molecule has 3 rings (SSSR count). The van der Waals surface area contributed by atoms with Crippen molar-refractivity contribution in [3.8, 4) is 0 Å². The van der Waals surface area contributed by atoms with Crippen LogP contribution < -0.4 is 4.90 Å². The first kappa shape index (κ1) is 31.1. The van der Waals surface area contributed by atoms with E-state index in [2.05, 4.69) is 41.3 Å². The van der Waals surface area contributed by atoms with E-state index in [0.717, 1.165) is 37.2 Å². The van der Waals surface area contributed by atoms with E-state index in [1.165, 1.54) is 18.2 Å². The van der Waals surface area contributed by atoms with Crippen molar-refractivity contribution in [2.45, 2.75) is 83.9 Å². The number of carbonyl (C=O) groups is 2. The highest BCUT2D eigenvalue weighted by Gasteiger charge is 2.39. The molecule has 0 amide bonds. The van der Waals surface area contributed by atoms with Gasteiger partial charge in [-0.15, -0.1) is 0 Å². The lowest BCUT2D eigenvalue weighted by Gasteiger charge is -2.31. The van der Waals surface area contributed by atoms with E-state index in [0.29, 0.717) is 19.3 Å². The van der Waals surface area contributed by atoms with Gasteiger partial charge in [0.25, 0.3) is 0 Å². The molecule has 0 aliphatic carbocycles. The van der Waals surface area contributed by atoms with Crippen LogP contribution in [0.4, 0.5) is 5.69 Å². The van der Waals surface area contributed by atoms with Crippen LogP contribution in [0.1, 0.15) is 81.9 Å². The number of Topliss-reactive ketones (excluding diaryl/α,β-unsaturated/α-hetero) is 1. The zero-order chi connectivity index (χ0) is 29.0. The van der Waals surface area contributed by atoms with Gasteiger partial charge in [-0.1, -0.05) is 106 Å². The van der Waals surface area contributed by atoms with Crippen LogP contribution in [0.2, 0.25) is 0 Å². The lowest BCUT2D eigenvalue weighted by atomic mass is 9.76. The number of hydrogen-bond donors (Lipinski definition) is 1. The average Bonchev–Trinajstić information content (AvgIpc) is 2.96. The van der Waals surface area contributed by atoms with Crippen molar-refractivity contribution in [3.05, 3.63) is 102 Å². The summed E-state index contributed by atoms with van der Waals surface area (Å²) in [5.41, 5.74) is 3.24. The molecule has 0 radical (unpaired) electrons. The molecule has 0 saturated heterocycles. The zero-order valence-electron chi connectivity index (χ0n) is 24.5. The summed E-state index contributed by atoms with van der Waals surface area (Å²) in [5, 5.41) is 11.2. The molecule has 0 heterocycles. The molecule has 2 atom stereocenters. The Morgan fingerprint density at radius 1 is 0.825 bits per heavy atom. The van der Waals surface area contributed by atoms with Crippen LogP contribution in [-0.2, 0) is 27.4 Å². The fraction of sp³-hybridized carbons (Fsp3) is 0.429. The molecule has 0 aromatic heterocycles. The van der Waals surface area contributed by atoms with Gasteiger partial charge in [0, 0.05) is 31.1 Å². The number of esters is 1. The van der Waals surface area contributed by atoms with E-state index < -0.39 is 17.5 Å². The van der Waals surface area contributed by atoms with Gasteiger partial charge in [0.05, 0.1) is 12.7 Å². The third-order valence-electron chi connectivity index (χ3n) is 7.67. The molecule has 40 heavy (non-hydrogen) atoms. The summed E-state index contributed by atoms with van der Waals surface area (Å²) in [4.78, 5) is 29.1. The molecule has 5 nitrogen and oxygen atoms in total. The third-order valence-corrected chi connectivity index (χ3v) is 7.67. The number of rotatable bonds is 16. The van der Waals surface area contributed by atoms with Crippen LogP contribution >= 0.6 is 0 Å². The Morgan fingerprint density at radius 3 is 1.85 bits per heavy atom. The minimum Gasteiger partial charge on any atom is -0.468 e. The molecule has 1 N–H and O–H groups in total. The van der Waals surface area contributed by atoms with Crippen molar-refractivity contribution < 1.29 is 19.4 Å². The normalized spacial score (nSPS) is 12.9. The number of aliphatic hydroxyl groups is 1. The highest BCUT2D eigenvalue weighted by Crippen LogP contribution is 2.36. The van der Waals surface area contributed by atoms with E-state index in [-0.39, 0.29) is 18.1 Å². The van der Waals surface area contributed by atoms with E-state index >= 15 is 0 Å². The van der Waals surface area contributed by atoms with Crippen molar-refractivity contribution in [1.29, 1.82) is 0 Å². The maximum Gasteiger partial charge on any atom is 0.316 e. The maximum absolute atomic E-state index is 13.7. The van der Waals surface area contributed by atoms with Gasteiger partial charge in [-0.2, -0.15) is 0 Å². The Hall–Kier alpha value is -3.44. The van der Waals surface area contributed by atoms with Crippen molar-refractivity contribution >= 4 is 17.4 Å². The molecule has 0 spiro atoms. The summed E-state index contributed by atoms with van der Waals surface area (Å²) in [5.74, 6) is -2.12. The van der Waals surface area contributed by atoms with Crippen LogP contribution in [0.15, 0.2) is 84.9 Å². The molecule has 5 heteroatoms. The van der Waals surface area contributed by atoms with Gasteiger partial charge in [-0.25, -0.2) is 0 Å². The van der Waals surface area contributed by atoms with Gasteiger partial charge in [-0.05, 0) is 48.1 Å². The standard InChI is InChI=1S/C35H45NO4/c1-5-21-35(39,22-6-2)24-32(37)33(34(38)40-4)31(7-3)29-19-14-20-30(23-29)36(25-27-15-10-8-11-16-27)26-28-17-12-9-13-18-28/h8-20,23,31,33,39H,5-7,21-22,24-26H2,1-4H3/t31-,33?/m1/s1. The van der Waals surface area contributed by atoms with Crippen molar-refractivity contribution in [1.82, 2.24) is 0 Å². The zero-order valence-corrected chi connectivity index (χ0v) is 24.5. The number of benzene rings is 3. The topological polar surface area (TPSA) is 66.8 Å². The van der Waals surface area contributed by atoms with E-state index in [9.17, 15) is 14.7 Å². The highest BCUT2D eigenvalue weighted by molar-refractivity contribution is 6.00. The molecule has 0 saturated carbocycles. The first-order chi connectivity index (χ1) is 19.3. The van der Waals surface area contributed by atoms with E-state index in [1.807, 2.05) is 69.3 Å². The van der Waals surface area contributed by atoms with Crippen LogP contribution in [-0.4, -0.2) is 29.6 Å². The number of hydrogen-bond acceptors (Lipinski definition) is 5. The van der Waals surface area contributed by atoms with Crippen LogP contribution in [0.5, 0.6) is 0 Å². The average molecular weight is 544 g/mol. The van der Waals surface area contributed by atoms with Crippen molar-refractivity contribution in [2.75, 3.05) is 12.0 Å². The quantitative estimate of drug-likeness (QED) is 0.150. The SMILES string of the molecule is CCCC(O)(CCC)CC(=O)C(C(=O)OC)[C@H](CC)c1cccc(N(Cc2ccccc2)Cc2ccccc2)c1. The molecule has 214 valence electrons. The Labute approximate surface area is 240 Å². The van der Waals surface area contributed by atoms with Crippen molar-refractivity contribution in [2.24, 2.45) is 5.92 Å². The Bertz CT molecular complexity index is 1150. The third kappa shape index (κ3) is 8.53. The lowest BCUT2D eigenvalue weighted by Crippen LogP contribution is -2.38. The first-order valence-electron chi connectivity index (χ1n) is 14.6. The fourth-order valence-corrected chi connectivity index (χ4v) is 5.78. The molecule has 1 unspecified atom stereocenters. The maximum atomic E-state index is 13.7. The monoisotopic (exact) mass is 543 g/mol. The van der Waals surface area contributed by atoms with Gasteiger partial charge >= 0.3 is 5.97 Å². The van der Waals surface area contributed by atoms with Crippen LogP contribution in [0.3, 0.4) is 0 Å². The summed E-state index contributed by atoms with van der Waals surface area (Å²) in [6.07, 6.45) is 3.14. The lowest BCUT2D eigenvalue weighted by molar-refractivity contribution is -0.152. The first-order valence-corrected chi connectivity index (χ1v) is 14.6. The summed E-state index contributed by atoms with van der Waals surface area (Å²) in [7, 11) is 1.33. The van der Waals surface area contributed by atoms with Crippen LogP contribution in [0, 0.1) is 5.92 Å². The van der Waals surface area contributed by atoms with E-state index in [1.54, 1.807) is 0 Å². The number of ketones is 1. The number of ether oxygens (including phenoxy) is 1. The number of nitrogens with zero attached hydrogens (tertiary/aromatic N) is 1. The molecule has 3 aromatic rings. The Kier molecular flexibility index (Phi) is 12.0. The Balaban J connectivity index is 1.97. The molecule has 0 fully saturated rings. The smallest absolute Gasteiger partial charge is 0.316 e. The molecule has 0 bridgehead atoms. The van der Waals surface area contributed by atoms with Crippen molar-refractivity contribution in [3.63, 3.8) is 0 Å². The molecule has 0 aliphatic rings. The van der Waals surface area contributed by atoms with E-state index in [4.69, 9.17) is 4.74 Å². The summed E-state index contributed by atoms with van der Waals surface area (Å²) >= 11 is 0. The summed E-state index contributed by atoms with van der Waals surface area (Å²) in [6, 6.07) is 28.9. The molecule has 3 aromatic carbocycles. The van der Waals surface area contributed by atoms with Gasteiger partial charge in [0.15, 0.2) is 5.78 Å². The minimum atomic E-state index is -1.10. The summed E-state index contributed by atoms with van der Waals surface area (Å²) in [6.45, 7) is 7.43. The number of methoxy groups -OCH3 is 1. The largest absolute Gasteiger partial charge is 0.468 e. The second-order valence-electron chi connectivity index (χ2n) is 10.8. The summed E-state index contributed by atoms with van der Waals surface area (Å²) < 4.78 is 5.16. The predicted molar refractivity (Wildman–Crippen MR) is 162 cm³/mol. The Morgan fingerprint density at radius 2 is 1.38 bits per heavy atom. The second kappa shape index (κ2) is 15.4. The molecule has 0 aliphatic heterocycles. The number of anilines is 1. The fourth-order valence-electron chi connectivity index (χ4n) is 5.78. The van der Waals surface area contributed by atoms with Gasteiger partial charge in [-0.3, -0.25) is 9.59 Å². The minimum absolute atomic E-state index is 0.0429. The van der Waals surface area contributed by atoms with Crippen LogP contribution in [0.25, 0.3) is 0 Å². The van der Waals surface area contributed by atoms with Gasteiger partial charge in [0.1, 0.15) is 5.92 Å². The highest BCUT2D eigenvalue weighted by atomic mass is 16.5.